The minimum absolute atomic E-state index is 0.0857. The van der Waals surface area contributed by atoms with Crippen LogP contribution in [-0.4, -0.2) is 39.8 Å². The van der Waals surface area contributed by atoms with Crippen molar-refractivity contribution < 1.29 is 24.2 Å². The second-order valence-corrected chi connectivity index (χ2v) is 7.31. The van der Waals surface area contributed by atoms with E-state index in [1.807, 2.05) is 16.8 Å². The van der Waals surface area contributed by atoms with E-state index < -0.39 is 24.0 Å². The molecule has 8 heteroatoms. The first kappa shape index (κ1) is 18.1. The third-order valence-corrected chi connectivity index (χ3v) is 5.33. The number of thiophene rings is 1. The highest BCUT2D eigenvalue weighted by Crippen LogP contribution is 2.22. The molecule has 0 bridgehead atoms. The number of thioether (sulfide) groups is 2. The number of carbonyl (C=O) groups is 3. The third-order valence-electron chi connectivity index (χ3n) is 2.37. The van der Waals surface area contributed by atoms with Crippen LogP contribution in [0.4, 0.5) is 0 Å². The molecule has 5 nitrogen and oxygen atoms in total. The number of carboxylic acid groups (broad SMARTS) is 1. The summed E-state index contributed by atoms with van der Waals surface area (Å²) < 4.78 is 5.02. The van der Waals surface area contributed by atoms with Gasteiger partial charge in [0.2, 0.25) is 6.10 Å². The standard InChI is InChI=1S/C13H16O5S3/c1-8(5-20-9(2)14)13(17)18-11(12(15)16)7-21-10-3-4-19-6-10/h3-4,6,8,11H,5,7H2,1-2H3,(H,15,16)/t8-,11+/m1/s1. The fraction of sp³-hybridized carbons (Fsp3) is 0.462. The van der Waals surface area contributed by atoms with Crippen LogP contribution in [0.25, 0.3) is 0 Å². The van der Waals surface area contributed by atoms with Gasteiger partial charge in [-0.2, -0.15) is 11.3 Å². The average Bonchev–Trinajstić information content (AvgIpc) is 2.93. The van der Waals surface area contributed by atoms with E-state index in [1.54, 1.807) is 6.92 Å². The van der Waals surface area contributed by atoms with Gasteiger partial charge in [-0.25, -0.2) is 4.79 Å². The van der Waals surface area contributed by atoms with Gasteiger partial charge in [0, 0.05) is 28.7 Å². The van der Waals surface area contributed by atoms with E-state index in [0.29, 0.717) is 0 Å². The maximum Gasteiger partial charge on any atom is 0.345 e. The molecule has 0 amide bonds. The van der Waals surface area contributed by atoms with Gasteiger partial charge in [0.15, 0.2) is 5.12 Å². The topological polar surface area (TPSA) is 80.7 Å². The van der Waals surface area contributed by atoms with Gasteiger partial charge in [-0.05, 0) is 11.4 Å². The molecule has 0 aliphatic rings. The van der Waals surface area contributed by atoms with Crippen LogP contribution in [0.5, 0.6) is 0 Å². The van der Waals surface area contributed by atoms with Crippen LogP contribution in [0, 0.1) is 5.92 Å². The normalized spacial score (nSPS) is 13.4. The van der Waals surface area contributed by atoms with Crippen molar-refractivity contribution in [1.29, 1.82) is 0 Å². The molecule has 1 rings (SSSR count). The van der Waals surface area contributed by atoms with Gasteiger partial charge in [-0.3, -0.25) is 9.59 Å². The number of esters is 1. The van der Waals surface area contributed by atoms with Gasteiger partial charge in [0.25, 0.3) is 0 Å². The lowest BCUT2D eigenvalue weighted by Crippen LogP contribution is -2.32. The highest BCUT2D eigenvalue weighted by atomic mass is 32.2. The summed E-state index contributed by atoms with van der Waals surface area (Å²) in [6.45, 7) is 3.03. The summed E-state index contributed by atoms with van der Waals surface area (Å²) in [6, 6.07) is 1.88. The smallest absolute Gasteiger partial charge is 0.345 e. The molecule has 0 fully saturated rings. The predicted molar refractivity (Wildman–Crippen MR) is 84.9 cm³/mol. The number of carbonyl (C=O) groups excluding carboxylic acids is 2. The number of hydrogen-bond donors (Lipinski definition) is 1. The monoisotopic (exact) mass is 348 g/mol. The van der Waals surface area contributed by atoms with Crippen molar-refractivity contribution >= 4 is 51.9 Å². The van der Waals surface area contributed by atoms with Crippen molar-refractivity contribution in [3.63, 3.8) is 0 Å². The van der Waals surface area contributed by atoms with E-state index >= 15 is 0 Å². The van der Waals surface area contributed by atoms with Crippen LogP contribution < -0.4 is 0 Å². The molecule has 0 spiro atoms. The maximum absolute atomic E-state index is 11.8. The van der Waals surface area contributed by atoms with Gasteiger partial charge in [-0.15, -0.1) is 11.8 Å². The van der Waals surface area contributed by atoms with Crippen LogP contribution in [0.15, 0.2) is 21.7 Å². The number of ether oxygens (including phenoxy) is 1. The molecule has 116 valence electrons. The zero-order valence-electron chi connectivity index (χ0n) is 11.6. The van der Waals surface area contributed by atoms with E-state index in [4.69, 9.17) is 9.84 Å². The summed E-state index contributed by atoms with van der Waals surface area (Å²) in [5.41, 5.74) is 0. The molecule has 21 heavy (non-hydrogen) atoms. The minimum Gasteiger partial charge on any atom is -0.478 e. The van der Waals surface area contributed by atoms with Gasteiger partial charge >= 0.3 is 11.9 Å². The summed E-state index contributed by atoms with van der Waals surface area (Å²) in [6.07, 6.45) is -1.19. The number of hydrogen-bond acceptors (Lipinski definition) is 7. The predicted octanol–water partition coefficient (Wildman–Crippen LogP) is 2.75. The molecule has 0 saturated carbocycles. The Morgan fingerprint density at radius 2 is 2.10 bits per heavy atom. The second kappa shape index (κ2) is 9.11. The van der Waals surface area contributed by atoms with Crippen LogP contribution in [0.2, 0.25) is 0 Å². The zero-order valence-corrected chi connectivity index (χ0v) is 14.1. The Hall–Kier alpha value is -0.990. The van der Waals surface area contributed by atoms with E-state index in [1.165, 1.54) is 30.0 Å². The van der Waals surface area contributed by atoms with Crippen LogP contribution in [0.1, 0.15) is 13.8 Å². The highest BCUT2D eigenvalue weighted by molar-refractivity contribution is 8.13. The van der Waals surface area contributed by atoms with E-state index in [-0.39, 0.29) is 16.6 Å². The number of rotatable bonds is 8. The van der Waals surface area contributed by atoms with Crippen LogP contribution in [-0.2, 0) is 19.1 Å². The number of carboxylic acids is 1. The van der Waals surface area contributed by atoms with E-state index in [0.717, 1.165) is 16.7 Å². The summed E-state index contributed by atoms with van der Waals surface area (Å²) in [7, 11) is 0. The molecule has 0 radical (unpaired) electrons. The summed E-state index contributed by atoms with van der Waals surface area (Å²) >= 11 is 3.87. The maximum atomic E-state index is 11.8. The Kier molecular flexibility index (Phi) is 7.84. The average molecular weight is 348 g/mol. The Labute approximate surface area is 135 Å². The number of aliphatic carboxylic acids is 1. The highest BCUT2D eigenvalue weighted by Gasteiger charge is 2.25. The molecule has 1 aromatic rings. The van der Waals surface area contributed by atoms with Gasteiger partial charge < -0.3 is 9.84 Å². The SMILES string of the molecule is CC(=O)SC[C@@H](C)C(=O)O[C@@H](CSc1ccsc1)C(=O)O. The molecule has 1 aromatic heterocycles. The first-order valence-corrected chi connectivity index (χ1v) is 9.03. The summed E-state index contributed by atoms with van der Waals surface area (Å²) in [5.74, 6) is -1.84. The lowest BCUT2D eigenvalue weighted by Gasteiger charge is -2.16. The van der Waals surface area contributed by atoms with Crippen LogP contribution in [0.3, 0.4) is 0 Å². The molecule has 2 atom stereocenters. The van der Waals surface area contributed by atoms with Crippen molar-refractivity contribution in [2.45, 2.75) is 24.8 Å². The van der Waals surface area contributed by atoms with Crippen LogP contribution >= 0.6 is 34.9 Å². The fourth-order valence-electron chi connectivity index (χ4n) is 1.23. The van der Waals surface area contributed by atoms with Gasteiger partial charge in [-0.1, -0.05) is 18.7 Å². The second-order valence-electron chi connectivity index (χ2n) is 4.24. The summed E-state index contributed by atoms with van der Waals surface area (Å²) in [4.78, 5) is 34.7. The molecule has 0 unspecified atom stereocenters. The molecule has 0 saturated heterocycles. The summed E-state index contributed by atoms with van der Waals surface area (Å²) in [5, 5.41) is 12.8. The first-order chi connectivity index (χ1) is 9.90. The molecule has 1 N–H and O–H groups in total. The van der Waals surface area contributed by atoms with Crippen molar-refractivity contribution in [2.24, 2.45) is 5.92 Å². The van der Waals surface area contributed by atoms with Gasteiger partial charge in [0.1, 0.15) is 0 Å². The molecule has 0 aliphatic carbocycles. The fourth-order valence-corrected chi connectivity index (χ4v) is 3.61. The molecular formula is C13H16O5S3. The Bertz CT molecular complexity index is 486. The minimum atomic E-state index is -1.19. The zero-order chi connectivity index (χ0) is 15.8. The Balaban J connectivity index is 2.47. The lowest BCUT2D eigenvalue weighted by atomic mass is 10.2. The Morgan fingerprint density at radius 1 is 1.38 bits per heavy atom. The molecule has 0 aliphatic heterocycles. The van der Waals surface area contributed by atoms with Gasteiger partial charge in [0.05, 0.1) is 5.92 Å². The first-order valence-electron chi connectivity index (χ1n) is 6.11. The molecule has 1 heterocycles. The van der Waals surface area contributed by atoms with Crippen molar-refractivity contribution in [2.75, 3.05) is 11.5 Å². The van der Waals surface area contributed by atoms with Crippen molar-refractivity contribution in [1.82, 2.24) is 0 Å². The largest absolute Gasteiger partial charge is 0.478 e. The van der Waals surface area contributed by atoms with Crippen molar-refractivity contribution in [3.8, 4) is 0 Å². The quantitative estimate of drug-likeness (QED) is 0.571. The van der Waals surface area contributed by atoms with E-state index in [9.17, 15) is 14.4 Å². The molecule has 0 aromatic carbocycles. The van der Waals surface area contributed by atoms with E-state index in [2.05, 4.69) is 0 Å². The lowest BCUT2D eigenvalue weighted by molar-refractivity contribution is -0.164. The van der Waals surface area contributed by atoms with Crippen molar-refractivity contribution in [3.05, 3.63) is 16.8 Å². The molecular weight excluding hydrogens is 332 g/mol. The Morgan fingerprint density at radius 3 is 2.62 bits per heavy atom. The third kappa shape index (κ3) is 7.01.